The summed E-state index contributed by atoms with van der Waals surface area (Å²) < 4.78 is 0. The monoisotopic (exact) mass is 253 g/mol. The molecule has 0 unspecified atom stereocenters. The molecule has 1 fully saturated rings. The lowest BCUT2D eigenvalue weighted by Crippen LogP contribution is -2.55. The Hall–Kier alpha value is -1.12. The molecule has 1 aliphatic heterocycles. The molecule has 5 nitrogen and oxygen atoms in total. The maximum atomic E-state index is 11.1. The van der Waals surface area contributed by atoms with Gasteiger partial charge in [0.25, 0.3) is 0 Å². The minimum atomic E-state index is -0.762. The van der Waals surface area contributed by atoms with Crippen molar-refractivity contribution in [1.29, 1.82) is 5.26 Å². The minimum Gasteiger partial charge on any atom is -0.481 e. The predicted molar refractivity (Wildman–Crippen MR) is 69.1 cm³/mol. The SMILES string of the molecule is CC(C)(CN1CCN(C(C)(C)C#N)CC1)C(=O)O. The number of rotatable bonds is 4. The first kappa shape index (κ1) is 14.9. The van der Waals surface area contributed by atoms with Gasteiger partial charge in [-0.3, -0.25) is 14.6 Å². The van der Waals surface area contributed by atoms with E-state index in [9.17, 15) is 4.79 Å². The smallest absolute Gasteiger partial charge is 0.310 e. The molecule has 102 valence electrons. The number of hydrogen-bond donors (Lipinski definition) is 1. The molecule has 0 amide bonds. The molecule has 0 aliphatic carbocycles. The van der Waals surface area contributed by atoms with Crippen LogP contribution in [-0.2, 0) is 4.79 Å². The highest BCUT2D eigenvalue weighted by Crippen LogP contribution is 2.20. The average molecular weight is 253 g/mol. The maximum Gasteiger partial charge on any atom is 0.310 e. The van der Waals surface area contributed by atoms with Gasteiger partial charge in [-0.1, -0.05) is 0 Å². The summed E-state index contributed by atoms with van der Waals surface area (Å²) in [5.41, 5.74) is -1.15. The second-order valence-corrected chi connectivity index (χ2v) is 6.12. The van der Waals surface area contributed by atoms with Crippen molar-refractivity contribution >= 4 is 5.97 Å². The number of hydrogen-bond acceptors (Lipinski definition) is 4. The molecule has 18 heavy (non-hydrogen) atoms. The summed E-state index contributed by atoms with van der Waals surface area (Å²) in [7, 11) is 0. The molecule has 1 aliphatic rings. The van der Waals surface area contributed by atoms with Gasteiger partial charge in [0.2, 0.25) is 0 Å². The molecule has 0 aromatic carbocycles. The van der Waals surface area contributed by atoms with Gasteiger partial charge in [-0.2, -0.15) is 5.26 Å². The van der Waals surface area contributed by atoms with Crippen LogP contribution in [0.5, 0.6) is 0 Å². The second-order valence-electron chi connectivity index (χ2n) is 6.12. The molecular formula is C13H23N3O2. The Balaban J connectivity index is 2.51. The van der Waals surface area contributed by atoms with E-state index in [2.05, 4.69) is 15.9 Å². The van der Waals surface area contributed by atoms with Crippen LogP contribution in [0.2, 0.25) is 0 Å². The van der Waals surface area contributed by atoms with Crippen molar-refractivity contribution in [3.8, 4) is 6.07 Å². The van der Waals surface area contributed by atoms with Gasteiger partial charge in [-0.25, -0.2) is 0 Å². The zero-order valence-corrected chi connectivity index (χ0v) is 11.7. The average Bonchev–Trinajstić information content (AvgIpc) is 2.29. The highest BCUT2D eigenvalue weighted by molar-refractivity contribution is 5.73. The Morgan fingerprint density at radius 2 is 1.72 bits per heavy atom. The zero-order chi connectivity index (χ0) is 14.0. The number of piperazine rings is 1. The lowest BCUT2D eigenvalue weighted by atomic mass is 9.92. The number of carboxylic acids is 1. The number of nitriles is 1. The first-order chi connectivity index (χ1) is 8.19. The van der Waals surface area contributed by atoms with Crippen molar-refractivity contribution in [2.45, 2.75) is 33.2 Å². The predicted octanol–water partition coefficient (Wildman–Crippen LogP) is 1.02. The van der Waals surface area contributed by atoms with Crippen LogP contribution < -0.4 is 0 Å². The van der Waals surface area contributed by atoms with E-state index in [1.54, 1.807) is 13.8 Å². The van der Waals surface area contributed by atoms with Gasteiger partial charge in [0, 0.05) is 32.7 Å². The van der Waals surface area contributed by atoms with Crippen molar-refractivity contribution in [3.05, 3.63) is 0 Å². The third kappa shape index (κ3) is 3.44. The van der Waals surface area contributed by atoms with Crippen LogP contribution >= 0.6 is 0 Å². The third-order valence-corrected chi connectivity index (χ3v) is 3.63. The second kappa shape index (κ2) is 5.25. The molecule has 0 saturated carbocycles. The standard InChI is InChI=1S/C13H23N3O2/c1-12(2,11(17)18)10-15-5-7-16(8-6-15)13(3,4)9-14/h5-8,10H2,1-4H3,(H,17,18). The van der Waals surface area contributed by atoms with Crippen molar-refractivity contribution in [1.82, 2.24) is 9.80 Å². The van der Waals surface area contributed by atoms with Crippen molar-refractivity contribution in [2.75, 3.05) is 32.7 Å². The fourth-order valence-electron chi connectivity index (χ4n) is 2.16. The summed E-state index contributed by atoms with van der Waals surface area (Å²) in [5.74, 6) is -0.762. The lowest BCUT2D eigenvalue weighted by molar-refractivity contribution is -0.148. The lowest BCUT2D eigenvalue weighted by Gasteiger charge is -2.42. The normalized spacial score (nSPS) is 19.5. The molecule has 0 atom stereocenters. The molecule has 1 rings (SSSR count). The Bertz CT molecular complexity index is 350. The summed E-state index contributed by atoms with van der Waals surface area (Å²) in [6.45, 7) is 11.2. The number of nitrogens with zero attached hydrogens (tertiary/aromatic N) is 3. The van der Waals surface area contributed by atoms with Crippen LogP contribution in [0, 0.1) is 16.7 Å². The summed E-state index contributed by atoms with van der Waals surface area (Å²) in [6.07, 6.45) is 0. The van der Waals surface area contributed by atoms with Gasteiger partial charge >= 0.3 is 5.97 Å². The van der Waals surface area contributed by atoms with Crippen LogP contribution in [0.25, 0.3) is 0 Å². The van der Waals surface area contributed by atoms with E-state index in [1.807, 2.05) is 13.8 Å². The molecule has 1 saturated heterocycles. The van der Waals surface area contributed by atoms with E-state index in [0.717, 1.165) is 26.2 Å². The van der Waals surface area contributed by atoms with Gasteiger partial charge in [-0.15, -0.1) is 0 Å². The van der Waals surface area contributed by atoms with Gasteiger partial charge < -0.3 is 5.11 Å². The van der Waals surface area contributed by atoms with Crippen molar-refractivity contribution < 1.29 is 9.90 Å². The molecule has 0 spiro atoms. The van der Waals surface area contributed by atoms with Crippen molar-refractivity contribution in [2.24, 2.45) is 5.41 Å². The van der Waals surface area contributed by atoms with E-state index in [1.165, 1.54) is 0 Å². The Labute approximate surface area is 109 Å². The van der Waals surface area contributed by atoms with E-state index in [0.29, 0.717) is 6.54 Å². The van der Waals surface area contributed by atoms with Crippen LogP contribution in [0.1, 0.15) is 27.7 Å². The molecule has 0 aromatic heterocycles. The van der Waals surface area contributed by atoms with Crippen LogP contribution in [0.3, 0.4) is 0 Å². The summed E-state index contributed by atoms with van der Waals surface area (Å²) in [6, 6.07) is 2.31. The quantitative estimate of drug-likeness (QED) is 0.810. The Morgan fingerprint density at radius 3 is 2.11 bits per heavy atom. The largest absolute Gasteiger partial charge is 0.481 e. The fraction of sp³-hybridized carbons (Fsp3) is 0.846. The molecule has 1 N–H and O–H groups in total. The summed E-state index contributed by atoms with van der Waals surface area (Å²) >= 11 is 0. The molecule has 0 radical (unpaired) electrons. The van der Waals surface area contributed by atoms with Gasteiger partial charge in [0.1, 0.15) is 5.54 Å². The number of aliphatic carboxylic acids is 1. The maximum absolute atomic E-state index is 11.1. The van der Waals surface area contributed by atoms with Crippen LogP contribution in [0.15, 0.2) is 0 Å². The number of carboxylic acid groups (broad SMARTS) is 1. The highest BCUT2D eigenvalue weighted by atomic mass is 16.4. The molecule has 0 bridgehead atoms. The summed E-state index contributed by atoms with van der Waals surface area (Å²) in [4.78, 5) is 15.4. The first-order valence-corrected chi connectivity index (χ1v) is 6.31. The summed E-state index contributed by atoms with van der Waals surface area (Å²) in [5, 5.41) is 18.2. The van der Waals surface area contributed by atoms with Crippen LogP contribution in [-0.4, -0.2) is 59.1 Å². The van der Waals surface area contributed by atoms with Crippen LogP contribution in [0.4, 0.5) is 0 Å². The number of carbonyl (C=O) groups is 1. The molecule has 0 aromatic rings. The van der Waals surface area contributed by atoms with Gasteiger partial charge in [0.15, 0.2) is 0 Å². The first-order valence-electron chi connectivity index (χ1n) is 6.31. The van der Waals surface area contributed by atoms with E-state index < -0.39 is 16.9 Å². The topological polar surface area (TPSA) is 67.6 Å². The molecule has 5 heteroatoms. The highest BCUT2D eigenvalue weighted by Gasteiger charge is 2.34. The Kier molecular flexibility index (Phi) is 4.36. The minimum absolute atomic E-state index is 0.436. The van der Waals surface area contributed by atoms with E-state index in [-0.39, 0.29) is 0 Å². The molecular weight excluding hydrogens is 230 g/mol. The zero-order valence-electron chi connectivity index (χ0n) is 11.7. The van der Waals surface area contributed by atoms with E-state index >= 15 is 0 Å². The third-order valence-electron chi connectivity index (χ3n) is 3.63. The van der Waals surface area contributed by atoms with Crippen molar-refractivity contribution in [3.63, 3.8) is 0 Å². The fourth-order valence-corrected chi connectivity index (χ4v) is 2.16. The Morgan fingerprint density at radius 1 is 1.22 bits per heavy atom. The van der Waals surface area contributed by atoms with E-state index in [4.69, 9.17) is 10.4 Å². The van der Waals surface area contributed by atoms with Gasteiger partial charge in [0.05, 0.1) is 11.5 Å². The molecule has 1 heterocycles. The van der Waals surface area contributed by atoms with Gasteiger partial charge in [-0.05, 0) is 27.7 Å².